The number of aliphatic hydroxyl groups is 1. The van der Waals surface area contributed by atoms with E-state index in [1.54, 1.807) is 51.4 Å². The van der Waals surface area contributed by atoms with Gasteiger partial charge in [0.2, 0.25) is 0 Å². The van der Waals surface area contributed by atoms with Gasteiger partial charge in [-0.1, -0.05) is 60.9 Å². The third-order valence-electron chi connectivity index (χ3n) is 5.89. The molecule has 1 amide bonds. The largest absolute Gasteiger partial charge is 0.513 e. The Bertz CT molecular complexity index is 997. The lowest BCUT2D eigenvalue weighted by Gasteiger charge is -2.28. The number of carbonyl (C=O) groups is 1. The molecular weight excluding hydrogens is 512 g/mol. The summed E-state index contributed by atoms with van der Waals surface area (Å²) in [6.45, 7) is 20.8. The van der Waals surface area contributed by atoms with Gasteiger partial charge >= 0.3 is 0 Å². The molecule has 1 unspecified atom stereocenters. The fourth-order valence-electron chi connectivity index (χ4n) is 3.86. The number of carbonyl (C=O) groups excluding carboxylic acids is 1. The monoisotopic (exact) mass is 570 g/mol. The summed E-state index contributed by atoms with van der Waals surface area (Å²) in [6.07, 6.45) is 14.2. The van der Waals surface area contributed by atoms with Crippen LogP contribution in [0.2, 0.25) is 0 Å². The number of para-hydroxylation sites is 1. The average Bonchev–Trinajstić information content (AvgIpc) is 2.92. The minimum Gasteiger partial charge on any atom is -0.513 e. The van der Waals surface area contributed by atoms with Gasteiger partial charge in [0, 0.05) is 27.3 Å². The standard InChI is InChI=1S/C31H46N2O3.C2H6O.C2H6/c1-9-20-32-30-28(17-12-18-29(30)36-8)31(35)33(26(6)22-27(7)34)21-19-25(5)16-11-15-24(4)14-10-13-23(2)3;1-3-2;1-2/h9,12-13,15,17-19,22,26,32,34H,1,10-11,14,16,20-21H2,2-8H3;1-2H3;1-2H3/b24-15+,25-19+,27-22+;;. The van der Waals surface area contributed by atoms with E-state index in [0.29, 0.717) is 30.1 Å². The molecule has 0 saturated carbocycles. The van der Waals surface area contributed by atoms with Gasteiger partial charge in [-0.3, -0.25) is 4.79 Å². The zero-order valence-corrected chi connectivity index (χ0v) is 27.8. The zero-order valence-electron chi connectivity index (χ0n) is 27.8. The Morgan fingerprint density at radius 1 is 1.00 bits per heavy atom. The number of hydrogen-bond acceptors (Lipinski definition) is 5. The minimum atomic E-state index is -0.290. The van der Waals surface area contributed by atoms with Gasteiger partial charge in [-0.15, -0.1) is 6.58 Å². The first-order chi connectivity index (χ1) is 19.5. The fourth-order valence-corrected chi connectivity index (χ4v) is 3.86. The van der Waals surface area contributed by atoms with Crippen molar-refractivity contribution in [3.8, 4) is 5.75 Å². The molecule has 41 heavy (non-hydrogen) atoms. The number of hydrogen-bond donors (Lipinski definition) is 2. The Kier molecular flexibility index (Phi) is 23.9. The number of rotatable bonds is 15. The molecule has 1 rings (SSSR count). The lowest BCUT2D eigenvalue weighted by Crippen LogP contribution is -2.38. The maximum atomic E-state index is 13.7. The van der Waals surface area contributed by atoms with E-state index in [-0.39, 0.29) is 17.7 Å². The normalized spacial score (nSPS) is 12.1. The van der Waals surface area contributed by atoms with Crippen molar-refractivity contribution in [1.29, 1.82) is 0 Å². The van der Waals surface area contributed by atoms with Gasteiger partial charge in [-0.25, -0.2) is 0 Å². The molecule has 0 heterocycles. The van der Waals surface area contributed by atoms with Crippen LogP contribution in [0.25, 0.3) is 0 Å². The van der Waals surface area contributed by atoms with E-state index in [4.69, 9.17) is 4.74 Å². The van der Waals surface area contributed by atoms with E-state index < -0.39 is 0 Å². The van der Waals surface area contributed by atoms with Crippen LogP contribution in [-0.4, -0.2) is 56.4 Å². The molecule has 2 N–H and O–H groups in total. The number of aliphatic hydroxyl groups excluding tert-OH is 1. The summed E-state index contributed by atoms with van der Waals surface area (Å²) in [5.41, 5.74) is 5.16. The quantitative estimate of drug-likeness (QED) is 0.162. The van der Waals surface area contributed by atoms with E-state index in [9.17, 15) is 9.90 Å². The lowest BCUT2D eigenvalue weighted by molar-refractivity contribution is 0.0744. The first-order valence-electron chi connectivity index (χ1n) is 14.6. The molecule has 0 spiro atoms. The summed E-state index contributed by atoms with van der Waals surface area (Å²) < 4.78 is 9.75. The molecule has 0 saturated heterocycles. The molecule has 1 aromatic carbocycles. The van der Waals surface area contributed by atoms with Crippen LogP contribution >= 0.6 is 0 Å². The molecule has 232 valence electrons. The number of nitrogens with one attached hydrogen (secondary N) is 1. The predicted octanol–water partition coefficient (Wildman–Crippen LogP) is 9.29. The van der Waals surface area contributed by atoms with Crippen molar-refractivity contribution in [3.05, 3.63) is 83.2 Å². The van der Waals surface area contributed by atoms with Crippen LogP contribution in [0.5, 0.6) is 5.75 Å². The van der Waals surface area contributed by atoms with E-state index in [1.807, 2.05) is 32.9 Å². The van der Waals surface area contributed by atoms with Crippen LogP contribution in [0, 0.1) is 0 Å². The van der Waals surface area contributed by atoms with E-state index >= 15 is 0 Å². The van der Waals surface area contributed by atoms with Crippen molar-refractivity contribution in [2.75, 3.05) is 39.7 Å². The van der Waals surface area contributed by atoms with Crippen LogP contribution in [0.1, 0.15) is 91.4 Å². The van der Waals surface area contributed by atoms with E-state index in [2.05, 4.69) is 62.6 Å². The molecule has 0 aliphatic carbocycles. The Morgan fingerprint density at radius 2 is 1.56 bits per heavy atom. The summed E-state index contributed by atoms with van der Waals surface area (Å²) in [4.78, 5) is 15.5. The molecule has 1 atom stereocenters. The Hall–Kier alpha value is -3.25. The van der Waals surface area contributed by atoms with Gasteiger partial charge in [0.1, 0.15) is 5.75 Å². The number of amides is 1. The zero-order chi connectivity index (χ0) is 31.8. The van der Waals surface area contributed by atoms with Crippen LogP contribution < -0.4 is 10.1 Å². The second kappa shape index (κ2) is 24.5. The molecule has 0 aromatic heterocycles. The summed E-state index contributed by atoms with van der Waals surface area (Å²) in [5, 5.41) is 13.1. The number of nitrogens with zero attached hydrogens (tertiary/aromatic N) is 1. The fraction of sp³-hybridized carbons (Fsp3) is 0.514. The Morgan fingerprint density at radius 3 is 2.07 bits per heavy atom. The maximum Gasteiger partial charge on any atom is 0.256 e. The van der Waals surface area contributed by atoms with Crippen molar-refractivity contribution in [2.24, 2.45) is 0 Å². The molecule has 6 nitrogen and oxygen atoms in total. The van der Waals surface area contributed by atoms with Gasteiger partial charge in [-0.2, -0.15) is 0 Å². The number of allylic oxidation sites excluding steroid dienone is 6. The number of anilines is 1. The number of benzene rings is 1. The van der Waals surface area contributed by atoms with Gasteiger partial charge in [0.05, 0.1) is 30.2 Å². The van der Waals surface area contributed by atoms with Crippen LogP contribution in [0.15, 0.2) is 77.6 Å². The van der Waals surface area contributed by atoms with Gasteiger partial charge in [-0.05, 0) is 85.4 Å². The molecule has 0 fully saturated rings. The third kappa shape index (κ3) is 17.9. The highest BCUT2D eigenvalue weighted by molar-refractivity contribution is 6.01. The predicted molar refractivity (Wildman–Crippen MR) is 178 cm³/mol. The lowest BCUT2D eigenvalue weighted by atomic mass is 10.1. The summed E-state index contributed by atoms with van der Waals surface area (Å²) >= 11 is 0. The van der Waals surface area contributed by atoms with Gasteiger partial charge < -0.3 is 24.8 Å². The van der Waals surface area contributed by atoms with E-state index in [1.165, 1.54) is 16.7 Å². The first-order valence-corrected chi connectivity index (χ1v) is 14.6. The summed E-state index contributed by atoms with van der Waals surface area (Å²) in [5.74, 6) is 0.651. The molecule has 0 radical (unpaired) electrons. The van der Waals surface area contributed by atoms with Gasteiger partial charge in [0.15, 0.2) is 0 Å². The highest BCUT2D eigenvalue weighted by Gasteiger charge is 2.24. The average molecular weight is 571 g/mol. The second-order valence-electron chi connectivity index (χ2n) is 9.93. The number of ether oxygens (including phenoxy) is 2. The topological polar surface area (TPSA) is 71.0 Å². The van der Waals surface area contributed by atoms with Crippen LogP contribution in [-0.2, 0) is 4.74 Å². The molecule has 0 bridgehead atoms. The van der Waals surface area contributed by atoms with Crippen LogP contribution in [0.3, 0.4) is 0 Å². The minimum absolute atomic E-state index is 0.135. The first kappa shape index (κ1) is 39.9. The Labute approximate surface area is 251 Å². The Balaban J connectivity index is 0. The molecule has 0 aliphatic heterocycles. The smallest absolute Gasteiger partial charge is 0.256 e. The maximum absolute atomic E-state index is 13.7. The SMILES string of the molecule is C=CCNc1c(OC)cccc1C(=O)N(C/C=C(\C)CC/C=C(\C)CCC=C(C)C)C(C)/C=C(\C)O.CC.COC. The molecule has 1 aromatic rings. The molecular formula is C35H58N2O4. The summed E-state index contributed by atoms with van der Waals surface area (Å²) in [6, 6.07) is 5.15. The number of methoxy groups -OCH3 is 2. The van der Waals surface area contributed by atoms with Crippen molar-refractivity contribution in [3.63, 3.8) is 0 Å². The van der Waals surface area contributed by atoms with Crippen LogP contribution in [0.4, 0.5) is 5.69 Å². The second-order valence-corrected chi connectivity index (χ2v) is 9.93. The van der Waals surface area contributed by atoms with Crippen molar-refractivity contribution in [2.45, 2.75) is 87.1 Å². The summed E-state index contributed by atoms with van der Waals surface area (Å²) in [7, 11) is 4.84. The van der Waals surface area contributed by atoms with Crippen molar-refractivity contribution < 1.29 is 19.4 Å². The molecule has 0 aliphatic rings. The van der Waals surface area contributed by atoms with Crippen molar-refractivity contribution >= 4 is 11.6 Å². The highest BCUT2D eigenvalue weighted by atomic mass is 16.5. The van der Waals surface area contributed by atoms with Crippen molar-refractivity contribution in [1.82, 2.24) is 4.90 Å². The highest BCUT2D eigenvalue weighted by Crippen LogP contribution is 2.30. The molecule has 6 heteroatoms. The third-order valence-corrected chi connectivity index (χ3v) is 5.89. The van der Waals surface area contributed by atoms with E-state index in [0.717, 1.165) is 25.7 Å². The van der Waals surface area contributed by atoms with Gasteiger partial charge in [0.25, 0.3) is 5.91 Å².